The van der Waals surface area contributed by atoms with Crippen molar-refractivity contribution < 1.29 is 13.5 Å². The Morgan fingerprint density at radius 2 is 1.86 bits per heavy atom. The molecule has 0 radical (unpaired) electrons. The zero-order valence-electron chi connectivity index (χ0n) is 11.8. The minimum atomic E-state index is -0.604. The Morgan fingerprint density at radius 3 is 2.48 bits per heavy atom. The maximum absolute atomic E-state index is 14.0. The molecule has 21 heavy (non-hydrogen) atoms. The molecule has 2 aromatic carbocycles. The molecule has 2 nitrogen and oxygen atoms in total. The largest absolute Gasteiger partial charge is 0.454 e. The van der Waals surface area contributed by atoms with Crippen LogP contribution in [0.25, 0.3) is 0 Å². The first-order chi connectivity index (χ1) is 9.95. The van der Waals surface area contributed by atoms with Gasteiger partial charge in [0, 0.05) is 18.7 Å². The average molecular weight is 312 g/mol. The van der Waals surface area contributed by atoms with Crippen molar-refractivity contribution in [2.24, 2.45) is 0 Å². The number of ether oxygens (including phenoxy) is 1. The molecule has 0 atom stereocenters. The molecule has 0 saturated heterocycles. The molecule has 2 rings (SSSR count). The minimum absolute atomic E-state index is 0.00192. The first-order valence-electron chi connectivity index (χ1n) is 6.60. The van der Waals surface area contributed by atoms with Crippen molar-refractivity contribution >= 4 is 11.6 Å². The van der Waals surface area contributed by atoms with E-state index in [-0.39, 0.29) is 16.5 Å². The third kappa shape index (κ3) is 4.41. The normalized spacial score (nSPS) is 11.0. The smallest absolute Gasteiger partial charge is 0.166 e. The predicted molar refractivity (Wildman–Crippen MR) is 79.9 cm³/mol. The molecule has 1 N–H and O–H groups in total. The lowest BCUT2D eigenvalue weighted by atomic mass is 10.2. The van der Waals surface area contributed by atoms with Gasteiger partial charge in [-0.15, -0.1) is 0 Å². The Hall–Kier alpha value is -1.65. The molecule has 0 unspecified atom stereocenters. The van der Waals surface area contributed by atoms with Gasteiger partial charge in [-0.2, -0.15) is 0 Å². The van der Waals surface area contributed by atoms with E-state index in [0.717, 1.165) is 11.6 Å². The summed E-state index contributed by atoms with van der Waals surface area (Å²) in [6, 6.07) is 8.98. The van der Waals surface area contributed by atoms with Crippen LogP contribution in [0.15, 0.2) is 36.4 Å². The van der Waals surface area contributed by atoms with E-state index in [9.17, 15) is 8.78 Å². The predicted octanol–water partition coefficient (Wildman–Crippen LogP) is 4.91. The first-order valence-corrected chi connectivity index (χ1v) is 6.98. The topological polar surface area (TPSA) is 21.3 Å². The molecule has 0 aliphatic heterocycles. The molecule has 0 saturated carbocycles. The van der Waals surface area contributed by atoms with Crippen LogP contribution in [0.4, 0.5) is 8.78 Å². The van der Waals surface area contributed by atoms with Crippen LogP contribution >= 0.6 is 11.6 Å². The van der Waals surface area contributed by atoms with E-state index in [4.69, 9.17) is 16.3 Å². The lowest BCUT2D eigenvalue weighted by molar-refractivity contribution is 0.437. The zero-order chi connectivity index (χ0) is 15.4. The summed E-state index contributed by atoms with van der Waals surface area (Å²) >= 11 is 5.58. The van der Waals surface area contributed by atoms with Gasteiger partial charge >= 0.3 is 0 Å². The second-order valence-electron chi connectivity index (χ2n) is 4.98. The van der Waals surface area contributed by atoms with Gasteiger partial charge in [-0.05, 0) is 29.8 Å². The Morgan fingerprint density at radius 1 is 1.10 bits per heavy atom. The summed E-state index contributed by atoms with van der Waals surface area (Å²) in [6.45, 7) is 4.61. The minimum Gasteiger partial charge on any atom is -0.454 e. The van der Waals surface area contributed by atoms with Crippen LogP contribution in [0, 0.1) is 11.6 Å². The van der Waals surface area contributed by atoms with Crippen molar-refractivity contribution in [2.45, 2.75) is 26.4 Å². The highest BCUT2D eigenvalue weighted by Gasteiger charge is 2.08. The molecule has 0 amide bonds. The molecule has 0 aliphatic carbocycles. The number of hydrogen-bond donors (Lipinski definition) is 1. The molecule has 2 aromatic rings. The van der Waals surface area contributed by atoms with Crippen LogP contribution in [0.5, 0.6) is 11.5 Å². The van der Waals surface area contributed by atoms with E-state index < -0.39 is 11.6 Å². The molecule has 112 valence electrons. The third-order valence-electron chi connectivity index (χ3n) is 2.83. The number of halogens is 3. The van der Waals surface area contributed by atoms with E-state index in [0.29, 0.717) is 12.6 Å². The highest BCUT2D eigenvalue weighted by molar-refractivity contribution is 6.30. The lowest BCUT2D eigenvalue weighted by Crippen LogP contribution is -2.21. The average Bonchev–Trinajstić information content (AvgIpc) is 2.43. The summed E-state index contributed by atoms with van der Waals surface area (Å²) in [6.07, 6.45) is 0. The van der Waals surface area contributed by atoms with Crippen molar-refractivity contribution in [2.75, 3.05) is 0 Å². The summed E-state index contributed by atoms with van der Waals surface area (Å²) in [5.74, 6) is -0.852. The van der Waals surface area contributed by atoms with Gasteiger partial charge in [0.25, 0.3) is 0 Å². The van der Waals surface area contributed by atoms with Gasteiger partial charge in [-0.25, -0.2) is 8.78 Å². The van der Waals surface area contributed by atoms with Gasteiger partial charge in [0.15, 0.2) is 11.6 Å². The van der Waals surface area contributed by atoms with Crippen molar-refractivity contribution in [3.8, 4) is 11.5 Å². The molecule has 0 spiro atoms. The fraction of sp³-hybridized carbons (Fsp3) is 0.250. The molecule has 0 aliphatic rings. The number of rotatable bonds is 5. The Balaban J connectivity index is 2.11. The monoisotopic (exact) mass is 311 g/mol. The van der Waals surface area contributed by atoms with Crippen LogP contribution in [0.1, 0.15) is 19.4 Å². The fourth-order valence-corrected chi connectivity index (χ4v) is 1.84. The summed E-state index contributed by atoms with van der Waals surface area (Å²) in [7, 11) is 0. The SMILES string of the molecule is CC(C)NCc1ccc(Oc2ccc(Cl)c(F)c2)c(F)c1. The second-order valence-corrected chi connectivity index (χ2v) is 5.39. The molecule has 0 fully saturated rings. The molecular formula is C16H16ClF2NO. The van der Waals surface area contributed by atoms with Crippen LogP contribution in [0.3, 0.4) is 0 Å². The zero-order valence-corrected chi connectivity index (χ0v) is 12.5. The van der Waals surface area contributed by atoms with Gasteiger partial charge < -0.3 is 10.1 Å². The van der Waals surface area contributed by atoms with Gasteiger partial charge in [0.05, 0.1) is 5.02 Å². The summed E-state index contributed by atoms with van der Waals surface area (Å²) in [4.78, 5) is 0. The second kappa shape index (κ2) is 6.87. The molecule has 0 bridgehead atoms. The third-order valence-corrected chi connectivity index (χ3v) is 3.14. The maximum atomic E-state index is 14.0. The Labute approximate surface area is 127 Å². The Kier molecular flexibility index (Phi) is 5.15. The van der Waals surface area contributed by atoms with E-state index in [1.165, 1.54) is 24.3 Å². The molecule has 5 heteroatoms. The number of hydrogen-bond acceptors (Lipinski definition) is 2. The quantitative estimate of drug-likeness (QED) is 0.847. The van der Waals surface area contributed by atoms with Gasteiger partial charge in [0.1, 0.15) is 11.6 Å². The molecular weight excluding hydrogens is 296 g/mol. The standard InChI is InChI=1S/C16H16ClF2NO/c1-10(2)20-9-11-3-6-16(15(19)7-11)21-12-4-5-13(17)14(18)8-12/h3-8,10,20H,9H2,1-2H3. The highest BCUT2D eigenvalue weighted by atomic mass is 35.5. The lowest BCUT2D eigenvalue weighted by Gasteiger charge is -2.11. The van der Waals surface area contributed by atoms with Crippen molar-refractivity contribution in [1.29, 1.82) is 0 Å². The van der Waals surface area contributed by atoms with E-state index in [1.807, 2.05) is 13.8 Å². The maximum Gasteiger partial charge on any atom is 0.166 e. The fourth-order valence-electron chi connectivity index (χ4n) is 1.73. The number of benzene rings is 2. The number of nitrogens with one attached hydrogen (secondary N) is 1. The van der Waals surface area contributed by atoms with Crippen LogP contribution in [0.2, 0.25) is 5.02 Å². The van der Waals surface area contributed by atoms with Crippen LogP contribution in [-0.2, 0) is 6.54 Å². The molecule has 0 heterocycles. The van der Waals surface area contributed by atoms with Crippen LogP contribution < -0.4 is 10.1 Å². The van der Waals surface area contributed by atoms with Gasteiger partial charge in [-0.3, -0.25) is 0 Å². The summed E-state index contributed by atoms with van der Waals surface area (Å²) < 4.78 is 32.6. The highest BCUT2D eigenvalue weighted by Crippen LogP contribution is 2.27. The van der Waals surface area contributed by atoms with E-state index in [1.54, 1.807) is 6.07 Å². The summed E-state index contributed by atoms with van der Waals surface area (Å²) in [5, 5.41) is 3.20. The molecule has 0 aromatic heterocycles. The van der Waals surface area contributed by atoms with E-state index >= 15 is 0 Å². The Bertz CT molecular complexity index is 632. The summed E-state index contributed by atoms with van der Waals surface area (Å²) in [5.41, 5.74) is 0.816. The van der Waals surface area contributed by atoms with Crippen molar-refractivity contribution in [3.63, 3.8) is 0 Å². The van der Waals surface area contributed by atoms with Gasteiger partial charge in [-0.1, -0.05) is 31.5 Å². The first kappa shape index (κ1) is 15.7. The van der Waals surface area contributed by atoms with E-state index in [2.05, 4.69) is 5.32 Å². The van der Waals surface area contributed by atoms with Crippen molar-refractivity contribution in [3.05, 3.63) is 58.6 Å². The van der Waals surface area contributed by atoms with Crippen molar-refractivity contribution in [1.82, 2.24) is 5.32 Å². The van der Waals surface area contributed by atoms with Crippen LogP contribution in [-0.4, -0.2) is 6.04 Å². The van der Waals surface area contributed by atoms with Gasteiger partial charge in [0.2, 0.25) is 0 Å².